The zero-order valence-electron chi connectivity index (χ0n) is 11.7. The Morgan fingerprint density at radius 1 is 1.14 bits per heavy atom. The molecular formula is C14H18N2O5. The maximum atomic E-state index is 11.8. The lowest BCUT2D eigenvalue weighted by Crippen LogP contribution is -2.28. The third kappa shape index (κ3) is 6.53. The van der Waals surface area contributed by atoms with Gasteiger partial charge in [0.2, 0.25) is 5.91 Å². The van der Waals surface area contributed by atoms with Crippen molar-refractivity contribution in [3.05, 3.63) is 35.4 Å². The van der Waals surface area contributed by atoms with Crippen molar-refractivity contribution in [2.24, 2.45) is 0 Å². The van der Waals surface area contributed by atoms with E-state index in [-0.39, 0.29) is 25.0 Å². The average Bonchev–Trinajstić information content (AvgIpc) is 2.49. The van der Waals surface area contributed by atoms with Gasteiger partial charge in [-0.25, -0.2) is 4.79 Å². The third-order valence-electron chi connectivity index (χ3n) is 2.54. The molecule has 0 aliphatic rings. The maximum absolute atomic E-state index is 11.8. The fraction of sp³-hybridized carbons (Fsp3) is 0.357. The van der Waals surface area contributed by atoms with Crippen LogP contribution in [0.2, 0.25) is 0 Å². The number of rotatable bonds is 7. The number of benzene rings is 1. The number of hydrogen-bond donors (Lipinski definition) is 3. The molecule has 7 heteroatoms. The molecule has 114 valence electrons. The van der Waals surface area contributed by atoms with Gasteiger partial charge in [0.05, 0.1) is 6.54 Å². The minimum Gasteiger partial charge on any atom is -0.462 e. The Labute approximate surface area is 122 Å². The molecule has 0 unspecified atom stereocenters. The van der Waals surface area contributed by atoms with Crippen LogP contribution >= 0.6 is 0 Å². The Kier molecular flexibility index (Phi) is 6.90. The Bertz CT molecular complexity index is 499. The smallest absolute Gasteiger partial charge is 0.331 e. The molecule has 0 heterocycles. The molecule has 1 aromatic rings. The number of hydrogen-bond acceptors (Lipinski definition) is 5. The molecule has 0 aromatic heterocycles. The molecule has 0 saturated heterocycles. The molecule has 3 N–H and O–H groups in total. The van der Waals surface area contributed by atoms with Gasteiger partial charge in [0.1, 0.15) is 13.2 Å². The number of aliphatic hydroxyl groups excluding tert-OH is 1. The Morgan fingerprint density at radius 2 is 1.81 bits per heavy atom. The number of esters is 1. The van der Waals surface area contributed by atoms with Crippen LogP contribution in [-0.2, 0) is 20.9 Å². The Balaban J connectivity index is 2.37. The highest BCUT2D eigenvalue weighted by atomic mass is 16.5. The summed E-state index contributed by atoms with van der Waals surface area (Å²) in [5.74, 6) is -1.14. The molecule has 0 atom stereocenters. The van der Waals surface area contributed by atoms with E-state index in [2.05, 4.69) is 15.4 Å². The fourth-order valence-electron chi connectivity index (χ4n) is 1.48. The summed E-state index contributed by atoms with van der Waals surface area (Å²) in [7, 11) is 0. The van der Waals surface area contributed by atoms with Crippen LogP contribution in [-0.4, -0.2) is 42.6 Å². The second kappa shape index (κ2) is 8.70. The minimum absolute atomic E-state index is 0.00570. The van der Waals surface area contributed by atoms with E-state index in [0.717, 1.165) is 5.56 Å². The lowest BCUT2D eigenvalue weighted by molar-refractivity contribution is -0.146. The molecule has 1 aromatic carbocycles. The van der Waals surface area contributed by atoms with Gasteiger partial charge in [-0.15, -0.1) is 0 Å². The zero-order valence-corrected chi connectivity index (χ0v) is 11.7. The zero-order chi connectivity index (χ0) is 15.7. The van der Waals surface area contributed by atoms with Gasteiger partial charge in [0, 0.05) is 19.0 Å². The number of aliphatic hydroxyl groups is 1. The van der Waals surface area contributed by atoms with Gasteiger partial charge in [-0.05, 0) is 17.7 Å². The van der Waals surface area contributed by atoms with Crippen LogP contribution in [0.15, 0.2) is 24.3 Å². The second-order valence-electron chi connectivity index (χ2n) is 4.24. The van der Waals surface area contributed by atoms with Crippen LogP contribution in [0.4, 0.5) is 0 Å². The standard InChI is InChI=1S/C14H18N2O5/c1-10(18)16-8-11-2-4-12(5-3-11)14(20)15-6-7-21-13(19)9-17/h2-5,17H,6-9H2,1H3,(H,15,20)(H,16,18). The third-order valence-corrected chi connectivity index (χ3v) is 2.54. The van der Waals surface area contributed by atoms with Crippen molar-refractivity contribution < 1.29 is 24.2 Å². The molecule has 0 fully saturated rings. The number of nitrogens with one attached hydrogen (secondary N) is 2. The lowest BCUT2D eigenvalue weighted by atomic mass is 10.1. The largest absolute Gasteiger partial charge is 0.462 e. The molecule has 0 aliphatic heterocycles. The highest BCUT2D eigenvalue weighted by molar-refractivity contribution is 5.94. The van der Waals surface area contributed by atoms with Gasteiger partial charge in [0.15, 0.2) is 0 Å². The topological polar surface area (TPSA) is 105 Å². The van der Waals surface area contributed by atoms with Crippen LogP contribution in [0, 0.1) is 0 Å². The summed E-state index contributed by atoms with van der Waals surface area (Å²) in [6.07, 6.45) is 0. The molecule has 0 radical (unpaired) electrons. The highest BCUT2D eigenvalue weighted by Gasteiger charge is 2.05. The SMILES string of the molecule is CC(=O)NCc1ccc(C(=O)NCCOC(=O)CO)cc1. The van der Waals surface area contributed by atoms with E-state index in [1.54, 1.807) is 24.3 Å². The van der Waals surface area contributed by atoms with Gasteiger partial charge in [-0.3, -0.25) is 9.59 Å². The van der Waals surface area contributed by atoms with E-state index in [9.17, 15) is 14.4 Å². The van der Waals surface area contributed by atoms with Gasteiger partial charge in [-0.2, -0.15) is 0 Å². The number of carbonyl (C=O) groups is 3. The fourth-order valence-corrected chi connectivity index (χ4v) is 1.48. The quantitative estimate of drug-likeness (QED) is 0.468. The predicted octanol–water partition coefficient (Wildman–Crippen LogP) is -0.412. The summed E-state index contributed by atoms with van der Waals surface area (Å²) in [4.78, 5) is 33.2. The second-order valence-corrected chi connectivity index (χ2v) is 4.24. The van der Waals surface area contributed by atoms with Crippen LogP contribution in [0.3, 0.4) is 0 Å². The Morgan fingerprint density at radius 3 is 2.38 bits per heavy atom. The molecule has 0 saturated carbocycles. The molecule has 21 heavy (non-hydrogen) atoms. The van der Waals surface area contributed by atoms with E-state index in [0.29, 0.717) is 12.1 Å². The molecule has 0 aliphatic carbocycles. The Hall–Kier alpha value is -2.41. The van der Waals surface area contributed by atoms with Crippen LogP contribution < -0.4 is 10.6 Å². The van der Waals surface area contributed by atoms with Crippen molar-refractivity contribution in [1.29, 1.82) is 0 Å². The summed E-state index contributed by atoms with van der Waals surface area (Å²) in [5, 5.41) is 13.7. The van der Waals surface area contributed by atoms with Crippen LogP contribution in [0.5, 0.6) is 0 Å². The first-order chi connectivity index (χ1) is 10.0. The summed E-state index contributed by atoms with van der Waals surface area (Å²) in [6.45, 7) is 1.34. The van der Waals surface area contributed by atoms with Crippen molar-refractivity contribution in [2.75, 3.05) is 19.8 Å². The molecule has 0 spiro atoms. The summed E-state index contributed by atoms with van der Waals surface area (Å²) < 4.78 is 4.61. The van der Waals surface area contributed by atoms with Gasteiger partial charge >= 0.3 is 5.97 Å². The highest BCUT2D eigenvalue weighted by Crippen LogP contribution is 2.04. The maximum Gasteiger partial charge on any atom is 0.331 e. The number of amides is 2. The molecule has 2 amide bonds. The monoisotopic (exact) mass is 294 g/mol. The summed E-state index contributed by atoms with van der Waals surface area (Å²) in [6, 6.07) is 6.78. The first kappa shape index (κ1) is 16.6. The molecule has 0 bridgehead atoms. The first-order valence-electron chi connectivity index (χ1n) is 6.41. The van der Waals surface area contributed by atoms with E-state index in [4.69, 9.17) is 5.11 Å². The van der Waals surface area contributed by atoms with Crippen molar-refractivity contribution in [2.45, 2.75) is 13.5 Å². The van der Waals surface area contributed by atoms with Crippen LogP contribution in [0.1, 0.15) is 22.8 Å². The summed E-state index contributed by atoms with van der Waals surface area (Å²) >= 11 is 0. The van der Waals surface area contributed by atoms with E-state index in [1.807, 2.05) is 0 Å². The number of carbonyl (C=O) groups excluding carboxylic acids is 3. The lowest BCUT2D eigenvalue weighted by Gasteiger charge is -2.07. The molecule has 7 nitrogen and oxygen atoms in total. The average molecular weight is 294 g/mol. The van der Waals surface area contributed by atoms with E-state index >= 15 is 0 Å². The number of ether oxygens (including phenoxy) is 1. The minimum atomic E-state index is -0.730. The molecule has 1 rings (SSSR count). The van der Waals surface area contributed by atoms with Gasteiger partial charge in [-0.1, -0.05) is 12.1 Å². The van der Waals surface area contributed by atoms with Crippen molar-refractivity contribution in [3.8, 4) is 0 Å². The van der Waals surface area contributed by atoms with Crippen molar-refractivity contribution in [1.82, 2.24) is 10.6 Å². The van der Waals surface area contributed by atoms with Gasteiger partial charge in [0.25, 0.3) is 5.91 Å². The van der Waals surface area contributed by atoms with Crippen molar-refractivity contribution >= 4 is 17.8 Å². The van der Waals surface area contributed by atoms with Crippen molar-refractivity contribution in [3.63, 3.8) is 0 Å². The molecular weight excluding hydrogens is 276 g/mol. The normalized spacial score (nSPS) is 9.81. The van der Waals surface area contributed by atoms with Gasteiger partial charge < -0.3 is 20.5 Å². The first-order valence-corrected chi connectivity index (χ1v) is 6.41. The van der Waals surface area contributed by atoms with Crippen LogP contribution in [0.25, 0.3) is 0 Å². The van der Waals surface area contributed by atoms with E-state index in [1.165, 1.54) is 6.92 Å². The summed E-state index contributed by atoms with van der Waals surface area (Å²) in [5.41, 5.74) is 1.36. The predicted molar refractivity (Wildman–Crippen MR) is 74.3 cm³/mol. The van der Waals surface area contributed by atoms with E-state index < -0.39 is 12.6 Å².